The molecular weight excluding hydrogens is 254 g/mol. The maximum Gasteiger partial charge on any atom is 0.221 e. The number of halogens is 1. The minimum atomic E-state index is -0.305. The number of amides is 1. The highest BCUT2D eigenvalue weighted by Crippen LogP contribution is 2.19. The minimum Gasteiger partial charge on any atom is -0.347 e. The van der Waals surface area contributed by atoms with Gasteiger partial charge in [0.15, 0.2) is 0 Å². The average molecular weight is 270 g/mol. The molecule has 1 rings (SSSR count). The lowest BCUT2D eigenvalue weighted by Gasteiger charge is -2.26. The molecule has 0 fully saturated rings. The van der Waals surface area contributed by atoms with Crippen LogP contribution in [0.25, 0.3) is 0 Å². The summed E-state index contributed by atoms with van der Waals surface area (Å²) >= 11 is 3.25. The standard InChI is InChI=1S/C12H16BrNO/c1-12(2,14-11(15)8-9-13)10-6-4-3-5-7-10/h3-7H,8-9H2,1-2H3,(H,14,15). The van der Waals surface area contributed by atoms with Crippen molar-refractivity contribution in [2.75, 3.05) is 5.33 Å². The molecule has 15 heavy (non-hydrogen) atoms. The molecule has 1 amide bonds. The van der Waals surface area contributed by atoms with E-state index < -0.39 is 0 Å². The summed E-state index contributed by atoms with van der Waals surface area (Å²) in [5.41, 5.74) is 0.813. The van der Waals surface area contributed by atoms with Crippen LogP contribution < -0.4 is 5.32 Å². The normalized spacial score (nSPS) is 11.1. The summed E-state index contributed by atoms with van der Waals surface area (Å²) in [5, 5.41) is 3.70. The second kappa shape index (κ2) is 5.31. The Balaban J connectivity index is 2.71. The van der Waals surface area contributed by atoms with Gasteiger partial charge in [-0.3, -0.25) is 4.79 Å². The van der Waals surface area contributed by atoms with Gasteiger partial charge in [-0.15, -0.1) is 0 Å². The smallest absolute Gasteiger partial charge is 0.221 e. The van der Waals surface area contributed by atoms with Crippen molar-refractivity contribution in [3.8, 4) is 0 Å². The highest BCUT2D eigenvalue weighted by Gasteiger charge is 2.21. The van der Waals surface area contributed by atoms with Crippen LogP contribution in [0, 0.1) is 0 Å². The molecule has 0 bridgehead atoms. The molecule has 0 heterocycles. The Hall–Kier alpha value is -0.830. The summed E-state index contributed by atoms with van der Waals surface area (Å²) in [7, 11) is 0. The Labute approximate surface area is 99.2 Å². The van der Waals surface area contributed by atoms with Crippen molar-refractivity contribution in [1.82, 2.24) is 5.32 Å². The average Bonchev–Trinajstić information content (AvgIpc) is 2.18. The van der Waals surface area contributed by atoms with Crippen molar-refractivity contribution in [3.05, 3.63) is 35.9 Å². The maximum atomic E-state index is 11.5. The molecule has 0 aliphatic heterocycles. The number of alkyl halides is 1. The van der Waals surface area contributed by atoms with E-state index in [1.54, 1.807) is 0 Å². The third kappa shape index (κ3) is 3.67. The molecule has 0 radical (unpaired) electrons. The van der Waals surface area contributed by atoms with Crippen LogP contribution in [0.5, 0.6) is 0 Å². The molecule has 82 valence electrons. The van der Waals surface area contributed by atoms with Crippen molar-refractivity contribution in [2.24, 2.45) is 0 Å². The molecular formula is C12H16BrNO. The molecule has 0 saturated heterocycles. The predicted octanol–water partition coefficient (Wildman–Crippen LogP) is 2.82. The van der Waals surface area contributed by atoms with Crippen LogP contribution in [0.4, 0.5) is 0 Å². The van der Waals surface area contributed by atoms with Gasteiger partial charge in [-0.25, -0.2) is 0 Å². The van der Waals surface area contributed by atoms with Gasteiger partial charge in [-0.1, -0.05) is 46.3 Å². The lowest BCUT2D eigenvalue weighted by molar-refractivity contribution is -0.122. The SMILES string of the molecule is CC(C)(NC(=O)CCBr)c1ccccc1. The van der Waals surface area contributed by atoms with Gasteiger partial charge in [0, 0.05) is 11.8 Å². The van der Waals surface area contributed by atoms with E-state index in [4.69, 9.17) is 0 Å². The molecule has 0 aliphatic rings. The Morgan fingerprint density at radius 1 is 1.33 bits per heavy atom. The fraction of sp³-hybridized carbons (Fsp3) is 0.417. The van der Waals surface area contributed by atoms with Crippen LogP contribution >= 0.6 is 15.9 Å². The first-order valence-corrected chi connectivity index (χ1v) is 6.11. The van der Waals surface area contributed by atoms with Gasteiger partial charge in [0.1, 0.15) is 0 Å². The predicted molar refractivity (Wildman–Crippen MR) is 66.0 cm³/mol. The number of hydrogen-bond acceptors (Lipinski definition) is 1. The number of carbonyl (C=O) groups is 1. The largest absolute Gasteiger partial charge is 0.347 e. The van der Waals surface area contributed by atoms with Gasteiger partial charge in [0.25, 0.3) is 0 Å². The zero-order valence-electron chi connectivity index (χ0n) is 9.09. The summed E-state index contributed by atoms with van der Waals surface area (Å²) < 4.78 is 0. The first-order valence-electron chi connectivity index (χ1n) is 4.99. The van der Waals surface area contributed by atoms with Crippen LogP contribution in [0.3, 0.4) is 0 Å². The molecule has 0 aromatic heterocycles. The van der Waals surface area contributed by atoms with Crippen LogP contribution in [0.2, 0.25) is 0 Å². The summed E-state index contributed by atoms with van der Waals surface area (Å²) in [6.45, 7) is 4.02. The summed E-state index contributed by atoms with van der Waals surface area (Å²) in [6, 6.07) is 9.98. The van der Waals surface area contributed by atoms with E-state index in [1.165, 1.54) is 0 Å². The monoisotopic (exact) mass is 269 g/mol. The summed E-state index contributed by atoms with van der Waals surface area (Å²) in [4.78, 5) is 11.5. The van der Waals surface area contributed by atoms with Crippen molar-refractivity contribution in [1.29, 1.82) is 0 Å². The van der Waals surface area contributed by atoms with E-state index in [0.29, 0.717) is 11.8 Å². The maximum absolute atomic E-state index is 11.5. The van der Waals surface area contributed by atoms with Gasteiger partial charge in [0.2, 0.25) is 5.91 Å². The Bertz CT molecular complexity index is 322. The van der Waals surface area contributed by atoms with E-state index in [9.17, 15) is 4.79 Å². The molecule has 0 unspecified atom stereocenters. The van der Waals surface area contributed by atoms with Crippen molar-refractivity contribution < 1.29 is 4.79 Å². The second-order valence-electron chi connectivity index (χ2n) is 3.98. The van der Waals surface area contributed by atoms with E-state index in [1.807, 2.05) is 44.2 Å². The zero-order valence-corrected chi connectivity index (χ0v) is 10.7. The summed E-state index contributed by atoms with van der Waals surface area (Å²) in [5.74, 6) is 0.0701. The van der Waals surface area contributed by atoms with Crippen LogP contribution in [-0.4, -0.2) is 11.2 Å². The summed E-state index contributed by atoms with van der Waals surface area (Å²) in [6.07, 6.45) is 0.510. The second-order valence-corrected chi connectivity index (χ2v) is 4.77. The van der Waals surface area contributed by atoms with E-state index in [2.05, 4.69) is 21.2 Å². The molecule has 0 spiro atoms. The fourth-order valence-electron chi connectivity index (χ4n) is 1.42. The zero-order chi connectivity index (χ0) is 11.3. The Morgan fingerprint density at radius 3 is 2.47 bits per heavy atom. The first-order chi connectivity index (χ1) is 7.06. The molecule has 0 saturated carbocycles. The first kappa shape index (κ1) is 12.2. The highest BCUT2D eigenvalue weighted by atomic mass is 79.9. The molecule has 1 aromatic rings. The lowest BCUT2D eigenvalue weighted by Crippen LogP contribution is -2.40. The van der Waals surface area contributed by atoms with Crippen molar-refractivity contribution >= 4 is 21.8 Å². The number of benzene rings is 1. The number of hydrogen-bond donors (Lipinski definition) is 1. The number of nitrogens with one attached hydrogen (secondary N) is 1. The van der Waals surface area contributed by atoms with Gasteiger partial charge in [-0.05, 0) is 19.4 Å². The molecule has 1 N–H and O–H groups in total. The third-order valence-electron chi connectivity index (χ3n) is 2.27. The van der Waals surface area contributed by atoms with E-state index in [0.717, 1.165) is 5.56 Å². The van der Waals surface area contributed by atoms with Crippen LogP contribution in [0.15, 0.2) is 30.3 Å². The number of rotatable bonds is 4. The third-order valence-corrected chi connectivity index (χ3v) is 2.67. The highest BCUT2D eigenvalue weighted by molar-refractivity contribution is 9.09. The van der Waals surface area contributed by atoms with Gasteiger partial charge < -0.3 is 5.32 Å². The molecule has 0 aliphatic carbocycles. The minimum absolute atomic E-state index is 0.0701. The lowest BCUT2D eigenvalue weighted by atomic mass is 9.94. The molecule has 0 atom stereocenters. The quantitative estimate of drug-likeness (QED) is 0.837. The van der Waals surface area contributed by atoms with E-state index in [-0.39, 0.29) is 11.4 Å². The molecule has 3 heteroatoms. The Morgan fingerprint density at radius 2 is 1.93 bits per heavy atom. The molecule has 1 aromatic carbocycles. The van der Waals surface area contributed by atoms with Crippen molar-refractivity contribution in [2.45, 2.75) is 25.8 Å². The van der Waals surface area contributed by atoms with Crippen molar-refractivity contribution in [3.63, 3.8) is 0 Å². The van der Waals surface area contributed by atoms with Gasteiger partial charge in [-0.2, -0.15) is 0 Å². The topological polar surface area (TPSA) is 29.1 Å². The van der Waals surface area contributed by atoms with Crippen LogP contribution in [0.1, 0.15) is 25.8 Å². The van der Waals surface area contributed by atoms with Gasteiger partial charge in [0.05, 0.1) is 5.54 Å². The van der Waals surface area contributed by atoms with E-state index >= 15 is 0 Å². The molecule has 2 nitrogen and oxygen atoms in total. The number of carbonyl (C=O) groups excluding carboxylic acids is 1. The van der Waals surface area contributed by atoms with Gasteiger partial charge >= 0.3 is 0 Å². The van der Waals surface area contributed by atoms with Crippen LogP contribution in [-0.2, 0) is 10.3 Å². The Kier molecular flexibility index (Phi) is 4.33. The fourth-order valence-corrected chi connectivity index (χ4v) is 1.78.